The van der Waals surface area contributed by atoms with Crippen molar-refractivity contribution >= 4 is 0 Å². The number of nitrogens with one attached hydrogen (secondary N) is 1. The Morgan fingerprint density at radius 1 is 1.24 bits per heavy atom. The Kier molecular flexibility index (Phi) is 4.87. The highest BCUT2D eigenvalue weighted by Gasteiger charge is 2.11. The Balaban J connectivity index is 2.58. The van der Waals surface area contributed by atoms with Gasteiger partial charge in [-0.15, -0.1) is 0 Å². The Labute approximate surface area is 101 Å². The number of halogens is 2. The third-order valence-electron chi connectivity index (χ3n) is 2.24. The van der Waals surface area contributed by atoms with E-state index in [-0.39, 0.29) is 11.3 Å². The molecular weight excluding hydrogens is 224 g/mol. The van der Waals surface area contributed by atoms with E-state index in [1.54, 1.807) is 12.1 Å². The second-order valence-corrected chi connectivity index (χ2v) is 4.91. The molecule has 0 saturated carbocycles. The monoisotopic (exact) mass is 243 g/mol. The highest BCUT2D eigenvalue weighted by atomic mass is 19.3. The van der Waals surface area contributed by atoms with E-state index in [4.69, 9.17) is 0 Å². The van der Waals surface area contributed by atoms with Crippen LogP contribution in [-0.2, 0) is 6.42 Å². The summed E-state index contributed by atoms with van der Waals surface area (Å²) in [5.41, 5.74) is 0.822. The summed E-state index contributed by atoms with van der Waals surface area (Å²) in [5.74, 6) is 0.262. The molecule has 1 aromatic rings. The van der Waals surface area contributed by atoms with Crippen LogP contribution in [-0.4, -0.2) is 18.7 Å². The van der Waals surface area contributed by atoms with E-state index >= 15 is 0 Å². The lowest BCUT2D eigenvalue weighted by molar-refractivity contribution is -0.0504. The van der Waals surface area contributed by atoms with Gasteiger partial charge in [-0.25, -0.2) is 0 Å². The maximum absolute atomic E-state index is 12.2. The van der Waals surface area contributed by atoms with Gasteiger partial charge >= 0.3 is 6.61 Å². The molecule has 0 amide bonds. The van der Waals surface area contributed by atoms with Crippen molar-refractivity contribution in [2.45, 2.75) is 39.3 Å². The molecule has 0 bridgehead atoms. The second-order valence-electron chi connectivity index (χ2n) is 4.91. The van der Waals surface area contributed by atoms with Crippen LogP contribution in [0.25, 0.3) is 0 Å². The fourth-order valence-corrected chi connectivity index (χ4v) is 1.49. The van der Waals surface area contributed by atoms with Crippen LogP contribution in [0.3, 0.4) is 0 Å². The first-order valence-electron chi connectivity index (χ1n) is 5.66. The van der Waals surface area contributed by atoms with Crippen LogP contribution in [0.15, 0.2) is 24.3 Å². The van der Waals surface area contributed by atoms with Gasteiger partial charge in [0.1, 0.15) is 5.75 Å². The number of rotatable bonds is 5. The maximum atomic E-state index is 12.2. The number of benzene rings is 1. The summed E-state index contributed by atoms with van der Waals surface area (Å²) in [7, 11) is 0. The van der Waals surface area contributed by atoms with Gasteiger partial charge in [0.15, 0.2) is 0 Å². The Bertz CT molecular complexity index is 348. The van der Waals surface area contributed by atoms with Gasteiger partial charge in [-0.05, 0) is 45.4 Å². The van der Waals surface area contributed by atoms with Crippen molar-refractivity contribution in [3.05, 3.63) is 29.8 Å². The van der Waals surface area contributed by atoms with Crippen LogP contribution in [0.1, 0.15) is 26.3 Å². The Morgan fingerprint density at radius 2 is 1.88 bits per heavy atom. The topological polar surface area (TPSA) is 21.3 Å². The fraction of sp³-hybridized carbons (Fsp3) is 0.538. The SMILES string of the molecule is CC(C)(C)NCCc1ccccc1OC(F)F. The molecule has 0 aliphatic rings. The normalized spacial score (nSPS) is 11.9. The molecule has 1 rings (SSSR count). The lowest BCUT2D eigenvalue weighted by Gasteiger charge is -2.20. The van der Waals surface area contributed by atoms with Gasteiger partial charge in [0.2, 0.25) is 0 Å². The zero-order chi connectivity index (χ0) is 12.9. The smallest absolute Gasteiger partial charge is 0.387 e. The molecule has 0 aromatic heterocycles. The van der Waals surface area contributed by atoms with Crippen LogP contribution in [0.4, 0.5) is 8.78 Å². The maximum Gasteiger partial charge on any atom is 0.387 e. The third kappa shape index (κ3) is 5.63. The number of alkyl halides is 2. The van der Waals surface area contributed by atoms with Crippen LogP contribution >= 0.6 is 0 Å². The van der Waals surface area contributed by atoms with Crippen molar-refractivity contribution in [1.29, 1.82) is 0 Å². The summed E-state index contributed by atoms with van der Waals surface area (Å²) in [6.07, 6.45) is 0.667. The molecule has 0 saturated heterocycles. The molecule has 0 atom stereocenters. The van der Waals surface area contributed by atoms with Crippen LogP contribution in [0.5, 0.6) is 5.75 Å². The van der Waals surface area contributed by atoms with Gasteiger partial charge in [-0.2, -0.15) is 8.78 Å². The lowest BCUT2D eigenvalue weighted by atomic mass is 10.1. The minimum atomic E-state index is -2.77. The van der Waals surface area contributed by atoms with Gasteiger partial charge in [-0.1, -0.05) is 18.2 Å². The van der Waals surface area contributed by atoms with Crippen molar-refractivity contribution in [3.63, 3.8) is 0 Å². The summed E-state index contributed by atoms with van der Waals surface area (Å²) in [6.45, 7) is 4.15. The molecule has 0 radical (unpaired) electrons. The predicted molar refractivity (Wildman–Crippen MR) is 64.5 cm³/mol. The second kappa shape index (κ2) is 5.96. The van der Waals surface area contributed by atoms with Crippen molar-refractivity contribution in [1.82, 2.24) is 5.32 Å². The largest absolute Gasteiger partial charge is 0.435 e. The van der Waals surface area contributed by atoms with Crippen molar-refractivity contribution < 1.29 is 13.5 Å². The van der Waals surface area contributed by atoms with E-state index in [9.17, 15) is 8.78 Å². The molecule has 1 N–H and O–H groups in total. The summed E-state index contributed by atoms with van der Waals surface area (Å²) in [6, 6.07) is 6.89. The average molecular weight is 243 g/mol. The first kappa shape index (κ1) is 13.9. The van der Waals surface area contributed by atoms with Gasteiger partial charge in [0.05, 0.1) is 0 Å². The van der Waals surface area contributed by atoms with E-state index < -0.39 is 6.61 Å². The van der Waals surface area contributed by atoms with E-state index in [0.29, 0.717) is 6.42 Å². The summed E-state index contributed by atoms with van der Waals surface area (Å²) >= 11 is 0. The van der Waals surface area contributed by atoms with Crippen LogP contribution in [0.2, 0.25) is 0 Å². The number of ether oxygens (including phenoxy) is 1. The van der Waals surface area contributed by atoms with Crippen LogP contribution in [0, 0.1) is 0 Å². The molecule has 2 nitrogen and oxygen atoms in total. The molecule has 0 aliphatic heterocycles. The first-order chi connectivity index (χ1) is 7.88. The van der Waals surface area contributed by atoms with Gasteiger partial charge in [0, 0.05) is 5.54 Å². The highest BCUT2D eigenvalue weighted by Crippen LogP contribution is 2.20. The first-order valence-corrected chi connectivity index (χ1v) is 5.66. The molecule has 1 aromatic carbocycles. The predicted octanol–water partition coefficient (Wildman–Crippen LogP) is 3.22. The number of hydrogen-bond donors (Lipinski definition) is 1. The fourth-order valence-electron chi connectivity index (χ4n) is 1.49. The van der Waals surface area contributed by atoms with Gasteiger partial charge in [-0.3, -0.25) is 0 Å². The highest BCUT2D eigenvalue weighted by molar-refractivity contribution is 5.33. The van der Waals surface area contributed by atoms with E-state index in [1.165, 1.54) is 0 Å². The summed E-state index contributed by atoms with van der Waals surface area (Å²) in [4.78, 5) is 0. The van der Waals surface area contributed by atoms with E-state index in [2.05, 4.69) is 30.8 Å². The standard InChI is InChI=1S/C13H19F2NO/c1-13(2,3)16-9-8-10-6-4-5-7-11(10)17-12(14)15/h4-7,12,16H,8-9H2,1-3H3. The zero-order valence-electron chi connectivity index (χ0n) is 10.5. The number of para-hydroxylation sites is 1. The summed E-state index contributed by atoms with van der Waals surface area (Å²) < 4.78 is 28.8. The van der Waals surface area contributed by atoms with Crippen molar-refractivity contribution in [3.8, 4) is 5.75 Å². The molecule has 0 aliphatic carbocycles. The molecule has 0 spiro atoms. The lowest BCUT2D eigenvalue weighted by Crippen LogP contribution is -2.37. The van der Waals surface area contributed by atoms with Gasteiger partial charge < -0.3 is 10.1 Å². The Morgan fingerprint density at radius 3 is 2.47 bits per heavy atom. The molecule has 96 valence electrons. The van der Waals surface area contributed by atoms with Crippen molar-refractivity contribution in [2.24, 2.45) is 0 Å². The summed E-state index contributed by atoms with van der Waals surface area (Å²) in [5, 5.41) is 3.31. The van der Waals surface area contributed by atoms with Crippen molar-refractivity contribution in [2.75, 3.05) is 6.54 Å². The minimum Gasteiger partial charge on any atom is -0.435 e. The van der Waals surface area contributed by atoms with Crippen LogP contribution < -0.4 is 10.1 Å². The molecule has 17 heavy (non-hydrogen) atoms. The molecule has 0 fully saturated rings. The minimum absolute atomic E-state index is 0.0263. The molecule has 4 heteroatoms. The van der Waals surface area contributed by atoms with E-state index in [0.717, 1.165) is 12.1 Å². The number of hydrogen-bond acceptors (Lipinski definition) is 2. The average Bonchev–Trinajstić information content (AvgIpc) is 2.18. The third-order valence-corrected chi connectivity index (χ3v) is 2.24. The molecule has 0 unspecified atom stereocenters. The van der Waals surface area contributed by atoms with Gasteiger partial charge in [0.25, 0.3) is 0 Å². The Hall–Kier alpha value is -1.16. The van der Waals surface area contributed by atoms with E-state index in [1.807, 2.05) is 12.1 Å². The molecular formula is C13H19F2NO. The quantitative estimate of drug-likeness (QED) is 0.857. The molecule has 0 heterocycles. The zero-order valence-corrected chi connectivity index (χ0v) is 10.5.